The van der Waals surface area contributed by atoms with Gasteiger partial charge in [-0.25, -0.2) is 4.79 Å². The maximum absolute atomic E-state index is 12.1. The van der Waals surface area contributed by atoms with Gasteiger partial charge in [0, 0.05) is 13.1 Å². The van der Waals surface area contributed by atoms with Crippen LogP contribution in [0.15, 0.2) is 24.3 Å². The number of carbonyl (C=O) groups excluding carboxylic acids is 1. The average Bonchev–Trinajstić information content (AvgIpc) is 2.50. The Bertz CT molecular complexity index is 557. The lowest BCUT2D eigenvalue weighted by atomic mass is 9.95. The molecule has 0 saturated carbocycles. The molecule has 2 heterocycles. The number of ether oxygens (including phenoxy) is 1. The molecular formula is C19H29N3O2. The van der Waals surface area contributed by atoms with E-state index in [2.05, 4.69) is 30.3 Å². The Labute approximate surface area is 145 Å². The van der Waals surface area contributed by atoms with Gasteiger partial charge in [-0.3, -0.25) is 0 Å². The third-order valence-corrected chi connectivity index (χ3v) is 4.98. The molecule has 2 amide bonds. The maximum Gasteiger partial charge on any atom is 0.317 e. The van der Waals surface area contributed by atoms with Crippen molar-refractivity contribution in [1.29, 1.82) is 0 Å². The van der Waals surface area contributed by atoms with E-state index in [1.165, 1.54) is 24.9 Å². The Morgan fingerprint density at radius 2 is 2.17 bits per heavy atom. The number of carbonyl (C=O) groups is 1. The lowest BCUT2D eigenvalue weighted by Gasteiger charge is -2.39. The van der Waals surface area contributed by atoms with Crippen LogP contribution in [0, 0.1) is 12.8 Å². The van der Waals surface area contributed by atoms with Crippen LogP contribution in [0.25, 0.3) is 0 Å². The van der Waals surface area contributed by atoms with Crippen molar-refractivity contribution in [2.75, 3.05) is 39.8 Å². The molecule has 0 unspecified atom stereocenters. The van der Waals surface area contributed by atoms with Crippen molar-refractivity contribution in [1.82, 2.24) is 15.1 Å². The molecule has 2 fully saturated rings. The molecule has 132 valence electrons. The molecule has 0 aromatic heterocycles. The molecule has 1 N–H and O–H groups in total. The van der Waals surface area contributed by atoms with Gasteiger partial charge in [-0.15, -0.1) is 0 Å². The Morgan fingerprint density at radius 3 is 2.92 bits per heavy atom. The number of urea groups is 1. The first-order valence-electron chi connectivity index (χ1n) is 9.05. The number of nitrogens with zero attached hydrogens (tertiary/aromatic N) is 2. The Hall–Kier alpha value is -1.75. The quantitative estimate of drug-likeness (QED) is 0.902. The summed E-state index contributed by atoms with van der Waals surface area (Å²) in [7, 11) is 2.18. The van der Waals surface area contributed by atoms with Crippen LogP contribution in [0.5, 0.6) is 5.75 Å². The smallest absolute Gasteiger partial charge is 0.317 e. The molecule has 2 saturated heterocycles. The van der Waals surface area contributed by atoms with Gasteiger partial charge in [-0.05, 0) is 63.4 Å². The summed E-state index contributed by atoms with van der Waals surface area (Å²) in [5, 5.41) is 3.05. The number of amides is 2. The number of aryl methyl sites for hydroxylation is 1. The fourth-order valence-corrected chi connectivity index (χ4v) is 3.56. The third-order valence-electron chi connectivity index (χ3n) is 4.98. The lowest BCUT2D eigenvalue weighted by molar-refractivity contribution is 0.0442. The van der Waals surface area contributed by atoms with E-state index in [-0.39, 0.29) is 12.1 Å². The van der Waals surface area contributed by atoms with E-state index in [0.717, 1.165) is 31.2 Å². The number of rotatable bonds is 5. The van der Waals surface area contributed by atoms with E-state index >= 15 is 0 Å². The molecule has 24 heavy (non-hydrogen) atoms. The van der Waals surface area contributed by atoms with Gasteiger partial charge in [0.15, 0.2) is 0 Å². The van der Waals surface area contributed by atoms with Gasteiger partial charge in [-0.2, -0.15) is 0 Å². The lowest BCUT2D eigenvalue weighted by Crippen LogP contribution is -2.59. The maximum atomic E-state index is 12.1. The van der Waals surface area contributed by atoms with Crippen LogP contribution in [0.4, 0.5) is 4.79 Å². The van der Waals surface area contributed by atoms with E-state index in [9.17, 15) is 4.79 Å². The molecule has 1 aromatic carbocycles. The first kappa shape index (κ1) is 17.1. The predicted molar refractivity (Wildman–Crippen MR) is 95.4 cm³/mol. The minimum atomic E-state index is 0.0447. The third kappa shape index (κ3) is 4.63. The van der Waals surface area contributed by atoms with Crippen LogP contribution in [0.3, 0.4) is 0 Å². The van der Waals surface area contributed by atoms with Crippen molar-refractivity contribution >= 4 is 6.03 Å². The molecule has 2 aliphatic rings. The molecule has 5 nitrogen and oxygen atoms in total. The number of benzene rings is 1. The molecule has 1 atom stereocenters. The highest BCUT2D eigenvalue weighted by molar-refractivity contribution is 5.75. The number of piperidine rings is 1. The first-order chi connectivity index (χ1) is 11.6. The summed E-state index contributed by atoms with van der Waals surface area (Å²) >= 11 is 0. The van der Waals surface area contributed by atoms with Gasteiger partial charge in [0.05, 0.1) is 13.1 Å². The summed E-state index contributed by atoms with van der Waals surface area (Å²) in [6.45, 7) is 6.54. The van der Waals surface area contributed by atoms with Gasteiger partial charge >= 0.3 is 6.03 Å². The second-order valence-corrected chi connectivity index (χ2v) is 7.25. The zero-order chi connectivity index (χ0) is 16.9. The first-order valence-corrected chi connectivity index (χ1v) is 9.05. The van der Waals surface area contributed by atoms with Crippen molar-refractivity contribution < 1.29 is 9.53 Å². The molecule has 0 bridgehead atoms. The molecule has 0 spiro atoms. The van der Waals surface area contributed by atoms with Crippen LogP contribution in [-0.4, -0.2) is 61.7 Å². The van der Waals surface area contributed by atoms with Gasteiger partial charge in [-0.1, -0.05) is 12.1 Å². The highest BCUT2D eigenvalue weighted by Gasteiger charge is 2.32. The van der Waals surface area contributed by atoms with Crippen molar-refractivity contribution in [3.63, 3.8) is 0 Å². The molecular weight excluding hydrogens is 302 g/mol. The number of hydrogen-bond acceptors (Lipinski definition) is 3. The number of likely N-dealkylation sites (tertiary alicyclic amines) is 2. The van der Waals surface area contributed by atoms with Crippen LogP contribution in [-0.2, 0) is 0 Å². The van der Waals surface area contributed by atoms with E-state index in [0.29, 0.717) is 13.1 Å². The standard InChI is InChI=1S/C19H29N3O2/c1-15-5-3-7-17(11-15)24-18-13-22(14-18)19(23)20-9-8-16-6-4-10-21(2)12-16/h3,5,7,11,16,18H,4,6,8-10,12-14H2,1-2H3,(H,20,23)/t16-/m0/s1. The second kappa shape index (κ2) is 7.88. The highest BCUT2D eigenvalue weighted by atomic mass is 16.5. The number of nitrogens with one attached hydrogen (secondary N) is 1. The van der Waals surface area contributed by atoms with Gasteiger partial charge in [0.2, 0.25) is 0 Å². The van der Waals surface area contributed by atoms with E-state index in [4.69, 9.17) is 4.74 Å². The molecule has 1 aromatic rings. The van der Waals surface area contributed by atoms with Gasteiger partial charge in [0.25, 0.3) is 0 Å². The molecule has 0 radical (unpaired) electrons. The van der Waals surface area contributed by atoms with Gasteiger partial charge in [0.1, 0.15) is 11.9 Å². The topological polar surface area (TPSA) is 44.8 Å². The second-order valence-electron chi connectivity index (χ2n) is 7.25. The zero-order valence-electron chi connectivity index (χ0n) is 14.8. The van der Waals surface area contributed by atoms with Crippen LogP contribution < -0.4 is 10.1 Å². The molecule has 3 rings (SSSR count). The highest BCUT2D eigenvalue weighted by Crippen LogP contribution is 2.20. The monoisotopic (exact) mass is 331 g/mol. The van der Waals surface area contributed by atoms with Crippen LogP contribution in [0.1, 0.15) is 24.8 Å². The Kier molecular flexibility index (Phi) is 5.61. The summed E-state index contributed by atoms with van der Waals surface area (Å²) < 4.78 is 5.90. The Morgan fingerprint density at radius 1 is 1.33 bits per heavy atom. The van der Waals surface area contributed by atoms with E-state index in [1.807, 2.05) is 23.1 Å². The summed E-state index contributed by atoms with van der Waals surface area (Å²) in [4.78, 5) is 16.3. The summed E-state index contributed by atoms with van der Waals surface area (Å²) in [5.74, 6) is 1.61. The van der Waals surface area contributed by atoms with Crippen molar-refractivity contribution in [3.05, 3.63) is 29.8 Å². The largest absolute Gasteiger partial charge is 0.487 e. The van der Waals surface area contributed by atoms with Crippen LogP contribution >= 0.6 is 0 Å². The average molecular weight is 331 g/mol. The predicted octanol–water partition coefficient (Wildman–Crippen LogP) is 2.50. The zero-order valence-corrected chi connectivity index (χ0v) is 14.8. The van der Waals surface area contributed by atoms with Crippen LogP contribution in [0.2, 0.25) is 0 Å². The summed E-state index contributed by atoms with van der Waals surface area (Å²) in [6, 6.07) is 8.10. The normalized spacial score (nSPS) is 22.1. The molecule has 2 aliphatic heterocycles. The Balaban J connectivity index is 1.31. The van der Waals surface area contributed by atoms with Crippen molar-refractivity contribution in [3.8, 4) is 5.75 Å². The fourth-order valence-electron chi connectivity index (χ4n) is 3.56. The minimum absolute atomic E-state index is 0.0447. The van der Waals surface area contributed by atoms with Crippen molar-refractivity contribution in [2.24, 2.45) is 5.92 Å². The summed E-state index contributed by atoms with van der Waals surface area (Å²) in [5.41, 5.74) is 1.19. The number of hydrogen-bond donors (Lipinski definition) is 1. The van der Waals surface area contributed by atoms with Crippen molar-refractivity contribution in [2.45, 2.75) is 32.3 Å². The fraction of sp³-hybridized carbons (Fsp3) is 0.632. The van der Waals surface area contributed by atoms with Gasteiger partial charge < -0.3 is 19.9 Å². The SMILES string of the molecule is Cc1cccc(OC2CN(C(=O)NCC[C@@H]3CCCN(C)C3)C2)c1. The van der Waals surface area contributed by atoms with E-state index < -0.39 is 0 Å². The minimum Gasteiger partial charge on any atom is -0.487 e. The van der Waals surface area contributed by atoms with E-state index in [1.54, 1.807) is 0 Å². The molecule has 0 aliphatic carbocycles. The summed E-state index contributed by atoms with van der Waals surface area (Å²) in [6.07, 6.45) is 3.76. The molecule has 5 heteroatoms.